The van der Waals surface area contributed by atoms with Crippen molar-refractivity contribution in [2.24, 2.45) is 0 Å². The summed E-state index contributed by atoms with van der Waals surface area (Å²) in [6.45, 7) is 0. The van der Waals surface area contributed by atoms with Crippen molar-refractivity contribution in [3.63, 3.8) is 0 Å². The van der Waals surface area contributed by atoms with Crippen molar-refractivity contribution in [3.05, 3.63) is 57.4 Å². The number of hydrogen-bond acceptors (Lipinski definition) is 2. The lowest BCUT2D eigenvalue weighted by Crippen LogP contribution is -1.93. The van der Waals surface area contributed by atoms with Gasteiger partial charge in [-0.15, -0.1) is 0 Å². The summed E-state index contributed by atoms with van der Waals surface area (Å²) in [6.07, 6.45) is 0. The lowest BCUT2D eigenvalue weighted by atomic mass is 10.2. The maximum absolute atomic E-state index is 13.5. The van der Waals surface area contributed by atoms with Crippen molar-refractivity contribution in [1.29, 1.82) is 0 Å². The molecule has 1 heterocycles. The molecule has 6 heteroatoms. The molecule has 0 aliphatic rings. The standard InChI is InChI=1S/C14H6Cl3FN2/c15-8-5-4-7(6-10(8)18)14-19-11-3-1-2-9(16)12(11)13(17)20-14/h1-6H. The third-order valence-electron chi connectivity index (χ3n) is 2.81. The molecule has 0 spiro atoms. The van der Waals surface area contributed by atoms with Crippen molar-refractivity contribution in [2.75, 3.05) is 0 Å². The molecular weight excluding hydrogens is 322 g/mol. The lowest BCUT2D eigenvalue weighted by Gasteiger charge is -2.06. The van der Waals surface area contributed by atoms with Gasteiger partial charge in [-0.25, -0.2) is 14.4 Å². The largest absolute Gasteiger partial charge is 0.228 e. The van der Waals surface area contributed by atoms with E-state index in [-0.39, 0.29) is 10.2 Å². The number of aromatic nitrogens is 2. The molecule has 0 atom stereocenters. The number of fused-ring (bicyclic) bond motifs is 1. The number of nitrogens with zero attached hydrogens (tertiary/aromatic N) is 2. The molecule has 3 rings (SSSR count). The summed E-state index contributed by atoms with van der Waals surface area (Å²) < 4.78 is 13.5. The van der Waals surface area contributed by atoms with Gasteiger partial charge in [-0.3, -0.25) is 0 Å². The molecule has 0 aliphatic carbocycles. The second-order valence-electron chi connectivity index (χ2n) is 4.10. The number of benzene rings is 2. The SMILES string of the molecule is Fc1cc(-c2nc(Cl)c3c(Cl)cccc3n2)ccc1Cl. The Morgan fingerprint density at radius 2 is 1.70 bits per heavy atom. The second kappa shape index (κ2) is 5.17. The van der Waals surface area contributed by atoms with E-state index < -0.39 is 5.82 Å². The first kappa shape index (κ1) is 13.6. The van der Waals surface area contributed by atoms with Gasteiger partial charge in [0.05, 0.1) is 20.9 Å². The van der Waals surface area contributed by atoms with Crippen molar-refractivity contribution in [3.8, 4) is 11.4 Å². The third-order valence-corrected chi connectivity index (χ3v) is 3.70. The van der Waals surface area contributed by atoms with Crippen molar-refractivity contribution < 1.29 is 4.39 Å². The van der Waals surface area contributed by atoms with Crippen LogP contribution >= 0.6 is 34.8 Å². The van der Waals surface area contributed by atoms with Crippen LogP contribution in [-0.2, 0) is 0 Å². The zero-order valence-corrected chi connectivity index (χ0v) is 12.1. The first-order valence-electron chi connectivity index (χ1n) is 5.63. The molecule has 20 heavy (non-hydrogen) atoms. The highest BCUT2D eigenvalue weighted by atomic mass is 35.5. The van der Waals surface area contributed by atoms with Crippen LogP contribution in [-0.4, -0.2) is 9.97 Å². The fourth-order valence-corrected chi connectivity index (χ4v) is 2.57. The molecule has 0 aliphatic heterocycles. The van der Waals surface area contributed by atoms with E-state index in [1.807, 2.05) is 0 Å². The van der Waals surface area contributed by atoms with Crippen LogP contribution in [0.4, 0.5) is 4.39 Å². The summed E-state index contributed by atoms with van der Waals surface area (Å²) >= 11 is 17.9. The van der Waals surface area contributed by atoms with Crippen molar-refractivity contribution >= 4 is 45.7 Å². The van der Waals surface area contributed by atoms with Crippen LogP contribution in [0.2, 0.25) is 15.2 Å². The first-order valence-corrected chi connectivity index (χ1v) is 6.77. The van der Waals surface area contributed by atoms with Crippen LogP contribution in [0.3, 0.4) is 0 Å². The highest BCUT2D eigenvalue weighted by molar-refractivity contribution is 6.41. The minimum absolute atomic E-state index is 0.0451. The molecule has 0 unspecified atom stereocenters. The molecule has 0 saturated carbocycles. The summed E-state index contributed by atoms with van der Waals surface area (Å²) in [4.78, 5) is 8.51. The van der Waals surface area contributed by atoms with Crippen LogP contribution in [0.5, 0.6) is 0 Å². The maximum atomic E-state index is 13.5. The Hall–Kier alpha value is -1.42. The Bertz CT molecular complexity index is 821. The topological polar surface area (TPSA) is 25.8 Å². The Morgan fingerprint density at radius 1 is 0.900 bits per heavy atom. The van der Waals surface area contributed by atoms with Crippen LogP contribution in [0.25, 0.3) is 22.3 Å². The van der Waals surface area contributed by atoms with Gasteiger partial charge in [-0.1, -0.05) is 40.9 Å². The van der Waals surface area contributed by atoms with Crippen LogP contribution < -0.4 is 0 Å². The Balaban J connectivity index is 2.25. The Labute approximate surface area is 129 Å². The van der Waals surface area contributed by atoms with E-state index in [1.54, 1.807) is 24.3 Å². The number of rotatable bonds is 1. The van der Waals surface area contributed by atoms with Gasteiger partial charge in [0.25, 0.3) is 0 Å². The van der Waals surface area contributed by atoms with Crippen LogP contribution in [0.15, 0.2) is 36.4 Å². The first-order chi connectivity index (χ1) is 9.56. The second-order valence-corrected chi connectivity index (χ2v) is 5.27. The van der Waals surface area contributed by atoms with E-state index in [0.717, 1.165) is 0 Å². The zero-order valence-electron chi connectivity index (χ0n) is 9.87. The normalized spacial score (nSPS) is 11.0. The molecule has 0 fully saturated rings. The summed E-state index contributed by atoms with van der Waals surface area (Å²) in [6, 6.07) is 9.59. The predicted octanol–water partition coefficient (Wildman–Crippen LogP) is 5.40. The van der Waals surface area contributed by atoms with E-state index in [1.165, 1.54) is 12.1 Å². The summed E-state index contributed by atoms with van der Waals surface area (Å²) in [5.74, 6) is -0.213. The molecule has 1 aromatic heterocycles. The summed E-state index contributed by atoms with van der Waals surface area (Å²) in [5, 5.41) is 1.32. The van der Waals surface area contributed by atoms with E-state index in [4.69, 9.17) is 34.8 Å². The monoisotopic (exact) mass is 326 g/mol. The van der Waals surface area contributed by atoms with Crippen molar-refractivity contribution in [1.82, 2.24) is 9.97 Å². The Morgan fingerprint density at radius 3 is 2.45 bits per heavy atom. The average molecular weight is 328 g/mol. The molecule has 2 aromatic carbocycles. The lowest BCUT2D eigenvalue weighted by molar-refractivity contribution is 0.628. The third kappa shape index (κ3) is 2.33. The van der Waals surface area contributed by atoms with Crippen LogP contribution in [0, 0.1) is 5.82 Å². The highest BCUT2D eigenvalue weighted by Crippen LogP contribution is 2.30. The fraction of sp³-hybridized carbons (Fsp3) is 0. The van der Waals surface area contributed by atoms with Gasteiger partial charge in [0.1, 0.15) is 11.0 Å². The van der Waals surface area contributed by atoms with Gasteiger partial charge >= 0.3 is 0 Å². The molecule has 0 N–H and O–H groups in total. The van der Waals surface area contributed by atoms with E-state index in [9.17, 15) is 4.39 Å². The average Bonchev–Trinajstić information content (AvgIpc) is 2.41. The minimum Gasteiger partial charge on any atom is -0.228 e. The molecule has 100 valence electrons. The van der Waals surface area contributed by atoms with Crippen LogP contribution in [0.1, 0.15) is 0 Å². The predicted molar refractivity (Wildman–Crippen MR) is 80.0 cm³/mol. The van der Waals surface area contributed by atoms with Crippen molar-refractivity contribution in [2.45, 2.75) is 0 Å². The van der Waals surface area contributed by atoms with E-state index in [2.05, 4.69) is 9.97 Å². The summed E-state index contributed by atoms with van der Waals surface area (Å²) in [5.41, 5.74) is 1.10. The van der Waals surface area contributed by atoms with Gasteiger partial charge in [0.15, 0.2) is 5.82 Å². The molecule has 2 nitrogen and oxygen atoms in total. The van der Waals surface area contributed by atoms with Gasteiger partial charge < -0.3 is 0 Å². The molecule has 3 aromatic rings. The molecule has 0 saturated heterocycles. The van der Waals surface area contributed by atoms with Gasteiger partial charge in [-0.05, 0) is 30.3 Å². The van der Waals surface area contributed by atoms with Gasteiger partial charge in [-0.2, -0.15) is 0 Å². The molecule has 0 radical (unpaired) electrons. The maximum Gasteiger partial charge on any atom is 0.161 e. The molecule has 0 amide bonds. The number of hydrogen-bond donors (Lipinski definition) is 0. The van der Waals surface area contributed by atoms with E-state index >= 15 is 0 Å². The van der Waals surface area contributed by atoms with Gasteiger partial charge in [0, 0.05) is 5.56 Å². The zero-order chi connectivity index (χ0) is 14.3. The Kier molecular flexibility index (Phi) is 3.50. The number of halogens is 4. The molecule has 0 bridgehead atoms. The van der Waals surface area contributed by atoms with Gasteiger partial charge in [0.2, 0.25) is 0 Å². The summed E-state index contributed by atoms with van der Waals surface area (Å²) in [7, 11) is 0. The quantitative estimate of drug-likeness (QED) is 0.560. The minimum atomic E-state index is -0.532. The molecular formula is C14H6Cl3FN2. The highest BCUT2D eigenvalue weighted by Gasteiger charge is 2.11. The fourth-order valence-electron chi connectivity index (χ4n) is 1.86. The smallest absolute Gasteiger partial charge is 0.161 e. The van der Waals surface area contributed by atoms with E-state index in [0.29, 0.717) is 27.3 Å².